The topological polar surface area (TPSA) is 27.7 Å². The molecule has 2 rings (SSSR count). The van der Waals surface area contributed by atoms with Crippen LogP contribution in [-0.4, -0.2) is 51.9 Å². The number of hydrogen-bond acceptors (Lipinski definition) is 4. The molecule has 17 heavy (non-hydrogen) atoms. The monoisotopic (exact) mass is 235 g/mol. The van der Waals surface area contributed by atoms with Gasteiger partial charge in [0.1, 0.15) is 5.75 Å². The fourth-order valence-corrected chi connectivity index (χ4v) is 2.17. The molecule has 0 aliphatic carbocycles. The number of hydrogen-bond donors (Lipinski definition) is 1. The van der Waals surface area contributed by atoms with E-state index in [9.17, 15) is 0 Å². The molecule has 0 bridgehead atoms. The summed E-state index contributed by atoms with van der Waals surface area (Å²) in [4.78, 5) is 4.69. The van der Waals surface area contributed by atoms with Crippen molar-refractivity contribution in [3.8, 4) is 5.75 Å². The minimum atomic E-state index is 0.935. The molecular formula is C13H21N3O. The van der Waals surface area contributed by atoms with E-state index in [0.29, 0.717) is 0 Å². The molecule has 0 amide bonds. The van der Waals surface area contributed by atoms with Gasteiger partial charge in [0.05, 0.1) is 19.5 Å². The maximum atomic E-state index is 5.38. The molecule has 4 heteroatoms. The largest absolute Gasteiger partial charge is 0.495 e. The number of para-hydroxylation sites is 2. The predicted octanol–water partition coefficient (Wildman–Crippen LogP) is 0.994. The van der Waals surface area contributed by atoms with Crippen LogP contribution in [0.3, 0.4) is 0 Å². The van der Waals surface area contributed by atoms with E-state index >= 15 is 0 Å². The van der Waals surface area contributed by atoms with Crippen LogP contribution < -0.4 is 15.0 Å². The van der Waals surface area contributed by atoms with Gasteiger partial charge in [0.25, 0.3) is 0 Å². The summed E-state index contributed by atoms with van der Waals surface area (Å²) in [6, 6.07) is 8.15. The van der Waals surface area contributed by atoms with Gasteiger partial charge in [0, 0.05) is 33.2 Å². The first-order valence-electron chi connectivity index (χ1n) is 6.08. The summed E-state index contributed by atoms with van der Waals surface area (Å²) in [5.41, 5.74) is 1.15. The van der Waals surface area contributed by atoms with Crippen molar-refractivity contribution in [2.24, 2.45) is 0 Å². The molecule has 1 fully saturated rings. The maximum Gasteiger partial charge on any atom is 0.142 e. The Hall–Kier alpha value is -1.26. The number of ether oxygens (including phenoxy) is 1. The van der Waals surface area contributed by atoms with Crippen LogP contribution in [0.1, 0.15) is 0 Å². The van der Waals surface area contributed by atoms with Crippen LogP contribution in [0, 0.1) is 0 Å². The lowest BCUT2D eigenvalue weighted by Gasteiger charge is -2.32. The van der Waals surface area contributed by atoms with Crippen molar-refractivity contribution in [1.29, 1.82) is 0 Å². The predicted molar refractivity (Wildman–Crippen MR) is 70.7 cm³/mol. The van der Waals surface area contributed by atoms with Crippen LogP contribution >= 0.6 is 0 Å². The quantitative estimate of drug-likeness (QED) is 0.842. The van der Waals surface area contributed by atoms with Gasteiger partial charge in [-0.1, -0.05) is 12.1 Å². The third-order valence-electron chi connectivity index (χ3n) is 3.12. The molecule has 1 aliphatic rings. The van der Waals surface area contributed by atoms with Crippen LogP contribution in [-0.2, 0) is 0 Å². The minimum Gasteiger partial charge on any atom is -0.495 e. The number of methoxy groups -OCH3 is 1. The number of rotatable bonds is 4. The van der Waals surface area contributed by atoms with Gasteiger partial charge in [-0.15, -0.1) is 0 Å². The Morgan fingerprint density at radius 2 is 2.00 bits per heavy atom. The Bertz CT molecular complexity index is 350. The number of anilines is 1. The molecule has 0 aromatic heterocycles. The van der Waals surface area contributed by atoms with Gasteiger partial charge in [-0.3, -0.25) is 4.90 Å². The lowest BCUT2D eigenvalue weighted by molar-refractivity contribution is 0.243. The molecule has 1 aliphatic heterocycles. The summed E-state index contributed by atoms with van der Waals surface area (Å²) in [5, 5.41) is 3.37. The highest BCUT2D eigenvalue weighted by atomic mass is 16.5. The zero-order valence-corrected chi connectivity index (χ0v) is 10.6. The molecule has 1 aromatic carbocycles. The van der Waals surface area contributed by atoms with Gasteiger partial charge in [-0.25, -0.2) is 0 Å². The first-order chi connectivity index (χ1) is 8.31. The molecule has 0 radical (unpaired) electrons. The van der Waals surface area contributed by atoms with E-state index in [0.717, 1.165) is 44.3 Å². The van der Waals surface area contributed by atoms with Crippen molar-refractivity contribution < 1.29 is 4.74 Å². The molecule has 1 aromatic rings. The highest BCUT2D eigenvalue weighted by Gasteiger charge is 2.13. The number of benzene rings is 1. The van der Waals surface area contributed by atoms with E-state index < -0.39 is 0 Å². The number of nitrogens with zero attached hydrogens (tertiary/aromatic N) is 2. The molecule has 1 saturated heterocycles. The summed E-state index contributed by atoms with van der Waals surface area (Å²) in [6.07, 6.45) is 0. The van der Waals surface area contributed by atoms with Crippen molar-refractivity contribution in [1.82, 2.24) is 10.2 Å². The smallest absolute Gasteiger partial charge is 0.142 e. The zero-order valence-electron chi connectivity index (χ0n) is 10.6. The SMILES string of the molecule is COc1ccccc1N(C)CN1CCNCC1. The average molecular weight is 235 g/mol. The third kappa shape index (κ3) is 3.11. The second kappa shape index (κ2) is 5.89. The highest BCUT2D eigenvalue weighted by molar-refractivity contribution is 5.57. The number of piperazine rings is 1. The maximum absolute atomic E-state index is 5.38. The minimum absolute atomic E-state index is 0.935. The van der Waals surface area contributed by atoms with Crippen LogP contribution in [0.5, 0.6) is 5.75 Å². The second-order valence-corrected chi connectivity index (χ2v) is 4.38. The molecule has 4 nitrogen and oxygen atoms in total. The summed E-state index contributed by atoms with van der Waals surface area (Å²) in [6.45, 7) is 5.33. The van der Waals surface area contributed by atoms with Gasteiger partial charge in [-0.05, 0) is 12.1 Å². The summed E-state index contributed by atoms with van der Waals surface area (Å²) < 4.78 is 5.38. The molecule has 0 spiro atoms. The number of nitrogens with one attached hydrogen (secondary N) is 1. The molecular weight excluding hydrogens is 214 g/mol. The van der Waals surface area contributed by atoms with Gasteiger partial charge >= 0.3 is 0 Å². The van der Waals surface area contributed by atoms with E-state index in [1.54, 1.807) is 7.11 Å². The fraction of sp³-hybridized carbons (Fsp3) is 0.538. The van der Waals surface area contributed by atoms with E-state index in [1.807, 2.05) is 18.2 Å². The van der Waals surface area contributed by atoms with Crippen LogP contribution in [0.4, 0.5) is 5.69 Å². The van der Waals surface area contributed by atoms with Gasteiger partial charge in [0.15, 0.2) is 0 Å². The summed E-state index contributed by atoms with van der Waals surface area (Å²) >= 11 is 0. The van der Waals surface area contributed by atoms with Crippen LogP contribution in [0.25, 0.3) is 0 Å². The molecule has 94 valence electrons. The fourth-order valence-electron chi connectivity index (χ4n) is 2.17. The second-order valence-electron chi connectivity index (χ2n) is 4.38. The van der Waals surface area contributed by atoms with Gasteiger partial charge in [-0.2, -0.15) is 0 Å². The first kappa shape index (κ1) is 12.2. The lowest BCUT2D eigenvalue weighted by atomic mass is 10.2. The Labute approximate surface area is 103 Å². The Balaban J connectivity index is 2.00. The van der Waals surface area contributed by atoms with Crippen molar-refractivity contribution >= 4 is 5.69 Å². The van der Waals surface area contributed by atoms with E-state index in [4.69, 9.17) is 4.74 Å². The lowest BCUT2D eigenvalue weighted by Crippen LogP contribution is -2.47. The van der Waals surface area contributed by atoms with E-state index in [2.05, 4.69) is 28.2 Å². The van der Waals surface area contributed by atoms with Gasteiger partial charge in [0.2, 0.25) is 0 Å². The Kier molecular flexibility index (Phi) is 4.23. The molecule has 0 unspecified atom stereocenters. The molecule has 0 saturated carbocycles. The first-order valence-corrected chi connectivity index (χ1v) is 6.08. The van der Waals surface area contributed by atoms with Crippen LogP contribution in [0.15, 0.2) is 24.3 Å². The van der Waals surface area contributed by atoms with E-state index in [-0.39, 0.29) is 0 Å². The molecule has 1 heterocycles. The average Bonchev–Trinajstić information content (AvgIpc) is 2.40. The Morgan fingerprint density at radius 3 is 2.71 bits per heavy atom. The van der Waals surface area contributed by atoms with Crippen molar-refractivity contribution in [3.05, 3.63) is 24.3 Å². The van der Waals surface area contributed by atoms with Crippen molar-refractivity contribution in [2.45, 2.75) is 0 Å². The van der Waals surface area contributed by atoms with Gasteiger partial charge < -0.3 is 15.0 Å². The van der Waals surface area contributed by atoms with Crippen LogP contribution in [0.2, 0.25) is 0 Å². The summed E-state index contributed by atoms with van der Waals surface area (Å²) in [5.74, 6) is 0.935. The molecule has 0 atom stereocenters. The standard InChI is InChI=1S/C13H21N3O/c1-15(11-16-9-7-14-8-10-16)12-5-3-4-6-13(12)17-2/h3-6,14H,7-11H2,1-2H3. The zero-order chi connectivity index (χ0) is 12.1. The van der Waals surface area contributed by atoms with E-state index in [1.165, 1.54) is 0 Å². The molecule has 1 N–H and O–H groups in total. The van der Waals surface area contributed by atoms with Crippen molar-refractivity contribution in [3.63, 3.8) is 0 Å². The van der Waals surface area contributed by atoms with Crippen molar-refractivity contribution in [2.75, 3.05) is 51.9 Å². The third-order valence-corrected chi connectivity index (χ3v) is 3.12. The normalized spacial score (nSPS) is 16.8. The Morgan fingerprint density at radius 1 is 1.29 bits per heavy atom. The summed E-state index contributed by atoms with van der Waals surface area (Å²) in [7, 11) is 3.83. The highest BCUT2D eigenvalue weighted by Crippen LogP contribution is 2.26.